The smallest absolute Gasteiger partial charge is 0.393 e. The highest BCUT2D eigenvalue weighted by molar-refractivity contribution is 5.80. The molecule has 0 saturated carbocycles. The second kappa shape index (κ2) is 4.45. The molecular weight excluding hydrogens is 237 g/mol. The molecule has 2 fully saturated rings. The van der Waals surface area contributed by atoms with Gasteiger partial charge in [-0.15, -0.1) is 0 Å². The molecule has 4 nitrogen and oxygen atoms in total. The van der Waals surface area contributed by atoms with Crippen molar-refractivity contribution in [2.24, 2.45) is 17.8 Å². The highest BCUT2D eigenvalue weighted by Gasteiger charge is 2.51. The lowest BCUT2D eigenvalue weighted by atomic mass is 9.97. The zero-order valence-corrected chi connectivity index (χ0v) is 9.20. The van der Waals surface area contributed by atoms with Crippen molar-refractivity contribution >= 4 is 5.91 Å². The zero-order chi connectivity index (χ0) is 12.6. The van der Waals surface area contributed by atoms with Crippen molar-refractivity contribution in [1.82, 2.24) is 10.2 Å². The van der Waals surface area contributed by atoms with E-state index in [9.17, 15) is 18.0 Å². The van der Waals surface area contributed by atoms with E-state index in [0.29, 0.717) is 13.1 Å². The first-order chi connectivity index (χ1) is 7.93. The summed E-state index contributed by atoms with van der Waals surface area (Å²) in [5, 5.41) is 11.9. The highest BCUT2D eigenvalue weighted by Crippen LogP contribution is 2.37. The molecule has 17 heavy (non-hydrogen) atoms. The van der Waals surface area contributed by atoms with Gasteiger partial charge < -0.3 is 15.3 Å². The number of aliphatic hydroxyl groups excluding tert-OH is 1. The molecule has 2 heterocycles. The minimum Gasteiger partial charge on any atom is -0.396 e. The van der Waals surface area contributed by atoms with Crippen molar-refractivity contribution in [2.45, 2.75) is 6.18 Å². The van der Waals surface area contributed by atoms with Gasteiger partial charge in [-0.3, -0.25) is 4.79 Å². The van der Waals surface area contributed by atoms with E-state index in [1.165, 1.54) is 4.90 Å². The molecule has 0 aromatic rings. The zero-order valence-electron chi connectivity index (χ0n) is 9.20. The molecule has 0 aromatic carbocycles. The van der Waals surface area contributed by atoms with Crippen molar-refractivity contribution < 1.29 is 23.1 Å². The summed E-state index contributed by atoms with van der Waals surface area (Å²) < 4.78 is 38.0. The van der Waals surface area contributed by atoms with E-state index in [-0.39, 0.29) is 24.9 Å². The Bertz CT molecular complexity index is 304. The molecule has 0 radical (unpaired) electrons. The van der Waals surface area contributed by atoms with Crippen molar-refractivity contribution in [3.63, 3.8) is 0 Å². The summed E-state index contributed by atoms with van der Waals surface area (Å²) in [5.74, 6) is -2.90. The van der Waals surface area contributed by atoms with Crippen LogP contribution >= 0.6 is 0 Å². The molecule has 2 rings (SSSR count). The number of carbonyl (C=O) groups excluding carboxylic acids is 1. The van der Waals surface area contributed by atoms with Crippen molar-refractivity contribution in [2.75, 3.05) is 32.8 Å². The quantitative estimate of drug-likeness (QED) is 0.717. The Labute approximate surface area is 96.8 Å². The van der Waals surface area contributed by atoms with Crippen LogP contribution in [-0.4, -0.2) is 54.9 Å². The number of nitrogens with one attached hydrogen (secondary N) is 1. The number of halogens is 3. The van der Waals surface area contributed by atoms with E-state index in [1.54, 1.807) is 0 Å². The standard InChI is InChI=1S/C10H15F3N2O2/c11-10(12,13)8-4-15(3-7(8)5-16)9(17)6-1-14-2-6/h6-8,14,16H,1-5H2/t7-,8+/m1/s1. The van der Waals surface area contributed by atoms with Gasteiger partial charge in [-0.1, -0.05) is 0 Å². The second-order valence-electron chi connectivity index (χ2n) is 4.69. The number of hydrogen-bond donors (Lipinski definition) is 2. The van der Waals surface area contributed by atoms with Gasteiger partial charge >= 0.3 is 6.18 Å². The molecule has 0 aliphatic carbocycles. The van der Waals surface area contributed by atoms with Crippen LogP contribution < -0.4 is 5.32 Å². The van der Waals surface area contributed by atoms with Gasteiger partial charge in [0.15, 0.2) is 0 Å². The Morgan fingerprint density at radius 2 is 2.00 bits per heavy atom. The predicted octanol–water partition coefficient (Wildman–Crippen LogP) is -0.165. The van der Waals surface area contributed by atoms with Crippen LogP contribution in [0, 0.1) is 17.8 Å². The van der Waals surface area contributed by atoms with E-state index in [1.807, 2.05) is 0 Å². The molecule has 98 valence electrons. The van der Waals surface area contributed by atoms with E-state index in [0.717, 1.165) is 0 Å². The summed E-state index contributed by atoms with van der Waals surface area (Å²) in [6.45, 7) is 0.239. The number of likely N-dealkylation sites (tertiary alicyclic amines) is 1. The summed E-state index contributed by atoms with van der Waals surface area (Å²) in [6, 6.07) is 0. The number of carbonyl (C=O) groups is 1. The Balaban J connectivity index is 2.01. The second-order valence-corrected chi connectivity index (χ2v) is 4.69. The first-order valence-corrected chi connectivity index (χ1v) is 5.60. The number of rotatable bonds is 2. The maximum Gasteiger partial charge on any atom is 0.393 e. The summed E-state index contributed by atoms with van der Waals surface area (Å²) in [5.41, 5.74) is 0. The minimum atomic E-state index is -4.35. The fourth-order valence-corrected chi connectivity index (χ4v) is 2.33. The monoisotopic (exact) mass is 252 g/mol. The lowest BCUT2D eigenvalue weighted by molar-refractivity contribution is -0.183. The van der Waals surface area contributed by atoms with E-state index < -0.39 is 24.6 Å². The molecule has 2 N–H and O–H groups in total. The number of amides is 1. The average molecular weight is 252 g/mol. The summed E-state index contributed by atoms with van der Waals surface area (Å²) in [7, 11) is 0. The van der Waals surface area contributed by atoms with Crippen LogP contribution in [0.1, 0.15) is 0 Å². The lowest BCUT2D eigenvalue weighted by Gasteiger charge is -2.30. The van der Waals surface area contributed by atoms with Crippen LogP contribution in [0.3, 0.4) is 0 Å². The molecular formula is C10H15F3N2O2. The first-order valence-electron chi connectivity index (χ1n) is 5.60. The largest absolute Gasteiger partial charge is 0.396 e. The highest BCUT2D eigenvalue weighted by atomic mass is 19.4. The molecule has 0 bridgehead atoms. The normalized spacial score (nSPS) is 30.5. The third-order valence-electron chi connectivity index (χ3n) is 3.54. The number of nitrogens with zero attached hydrogens (tertiary/aromatic N) is 1. The van der Waals surface area contributed by atoms with Crippen LogP contribution in [0.4, 0.5) is 13.2 Å². The van der Waals surface area contributed by atoms with E-state index >= 15 is 0 Å². The van der Waals surface area contributed by atoms with Crippen LogP contribution in [0.5, 0.6) is 0 Å². The molecule has 0 unspecified atom stereocenters. The SMILES string of the molecule is O=C(C1CNC1)N1C[C@H](CO)[C@@H](C(F)(F)F)C1. The number of hydrogen-bond acceptors (Lipinski definition) is 3. The van der Waals surface area contributed by atoms with Crippen LogP contribution in [0.15, 0.2) is 0 Å². The molecule has 2 saturated heterocycles. The fraction of sp³-hybridized carbons (Fsp3) is 0.900. The van der Waals surface area contributed by atoms with Gasteiger partial charge in [0, 0.05) is 38.7 Å². The Morgan fingerprint density at radius 1 is 1.35 bits per heavy atom. The Morgan fingerprint density at radius 3 is 2.35 bits per heavy atom. The lowest BCUT2D eigenvalue weighted by Crippen LogP contribution is -2.51. The van der Waals surface area contributed by atoms with Gasteiger partial charge in [0.05, 0.1) is 11.8 Å². The number of alkyl halides is 3. The molecule has 2 atom stereocenters. The predicted molar refractivity (Wildman–Crippen MR) is 53.1 cm³/mol. The van der Waals surface area contributed by atoms with Crippen molar-refractivity contribution in [3.8, 4) is 0 Å². The maximum absolute atomic E-state index is 12.7. The molecule has 0 spiro atoms. The van der Waals surface area contributed by atoms with Crippen LogP contribution in [0.2, 0.25) is 0 Å². The van der Waals surface area contributed by atoms with Gasteiger partial charge in [0.25, 0.3) is 0 Å². The topological polar surface area (TPSA) is 52.6 Å². The average Bonchev–Trinajstić information content (AvgIpc) is 2.57. The third kappa shape index (κ3) is 2.40. The first kappa shape index (κ1) is 12.6. The van der Waals surface area contributed by atoms with Crippen molar-refractivity contribution in [1.29, 1.82) is 0 Å². The van der Waals surface area contributed by atoms with E-state index in [4.69, 9.17) is 5.11 Å². The fourth-order valence-electron chi connectivity index (χ4n) is 2.33. The van der Waals surface area contributed by atoms with Gasteiger partial charge in [0.2, 0.25) is 5.91 Å². The molecule has 2 aliphatic rings. The summed E-state index contributed by atoms with van der Waals surface area (Å²) >= 11 is 0. The Kier molecular flexibility index (Phi) is 3.31. The molecule has 0 aromatic heterocycles. The van der Waals surface area contributed by atoms with Crippen LogP contribution in [-0.2, 0) is 4.79 Å². The third-order valence-corrected chi connectivity index (χ3v) is 3.54. The van der Waals surface area contributed by atoms with E-state index in [2.05, 4.69) is 5.32 Å². The minimum absolute atomic E-state index is 0.00993. The molecule has 7 heteroatoms. The molecule has 1 amide bonds. The van der Waals surface area contributed by atoms with Crippen molar-refractivity contribution in [3.05, 3.63) is 0 Å². The van der Waals surface area contributed by atoms with Gasteiger partial charge in [-0.25, -0.2) is 0 Å². The summed E-state index contributed by atoms with van der Waals surface area (Å²) in [4.78, 5) is 13.0. The van der Waals surface area contributed by atoms with Gasteiger partial charge in [0.1, 0.15) is 0 Å². The van der Waals surface area contributed by atoms with Gasteiger partial charge in [-0.05, 0) is 0 Å². The number of aliphatic hydroxyl groups is 1. The van der Waals surface area contributed by atoms with Gasteiger partial charge in [-0.2, -0.15) is 13.2 Å². The Hall–Kier alpha value is -0.820. The summed E-state index contributed by atoms with van der Waals surface area (Å²) in [6.07, 6.45) is -4.35. The molecule has 2 aliphatic heterocycles. The maximum atomic E-state index is 12.7. The van der Waals surface area contributed by atoms with Crippen LogP contribution in [0.25, 0.3) is 0 Å².